The van der Waals surface area contributed by atoms with Gasteiger partial charge in [0.15, 0.2) is 0 Å². The standard InChI is InChI=1S/C13H20FNO2/c1-16-7-3-8-17-9-6-15-11-12-4-2-5-13(14)10-12/h2,4-5,10,15H,3,6-9,11H2,1H3. The Balaban J connectivity index is 1.97. The Kier molecular flexibility index (Phi) is 7.54. The molecule has 0 aliphatic rings. The van der Waals surface area contributed by atoms with E-state index in [2.05, 4.69) is 5.32 Å². The number of methoxy groups -OCH3 is 1. The van der Waals surface area contributed by atoms with Crippen LogP contribution in [0.5, 0.6) is 0 Å². The Morgan fingerprint density at radius 2 is 2.12 bits per heavy atom. The number of halogens is 1. The van der Waals surface area contributed by atoms with Gasteiger partial charge in [-0.15, -0.1) is 0 Å². The Morgan fingerprint density at radius 3 is 2.88 bits per heavy atom. The number of benzene rings is 1. The van der Waals surface area contributed by atoms with Gasteiger partial charge in [0.1, 0.15) is 5.82 Å². The van der Waals surface area contributed by atoms with E-state index in [0.717, 1.165) is 31.7 Å². The van der Waals surface area contributed by atoms with Gasteiger partial charge in [-0.05, 0) is 24.1 Å². The summed E-state index contributed by atoms with van der Waals surface area (Å²) in [4.78, 5) is 0. The molecule has 0 saturated carbocycles. The van der Waals surface area contributed by atoms with Crippen molar-refractivity contribution in [1.29, 1.82) is 0 Å². The minimum absolute atomic E-state index is 0.194. The first-order valence-electron chi connectivity index (χ1n) is 5.85. The maximum Gasteiger partial charge on any atom is 0.123 e. The number of rotatable bonds is 9. The molecule has 0 spiro atoms. The van der Waals surface area contributed by atoms with Gasteiger partial charge in [0, 0.05) is 33.4 Å². The summed E-state index contributed by atoms with van der Waals surface area (Å²) >= 11 is 0. The second-order valence-corrected chi connectivity index (χ2v) is 3.77. The summed E-state index contributed by atoms with van der Waals surface area (Å²) in [6.07, 6.45) is 0.917. The molecule has 4 heteroatoms. The molecule has 0 aliphatic heterocycles. The SMILES string of the molecule is COCCCOCCNCc1cccc(F)c1. The van der Waals surface area contributed by atoms with Crippen molar-refractivity contribution in [3.8, 4) is 0 Å². The molecule has 0 bridgehead atoms. The quantitative estimate of drug-likeness (QED) is 0.670. The molecule has 0 aromatic heterocycles. The molecule has 0 saturated heterocycles. The Morgan fingerprint density at radius 1 is 1.24 bits per heavy atom. The molecule has 0 radical (unpaired) electrons. The Hall–Kier alpha value is -0.970. The fourth-order valence-corrected chi connectivity index (χ4v) is 1.43. The van der Waals surface area contributed by atoms with Gasteiger partial charge in [0.2, 0.25) is 0 Å². The van der Waals surface area contributed by atoms with Crippen LogP contribution >= 0.6 is 0 Å². The predicted molar refractivity (Wildman–Crippen MR) is 65.4 cm³/mol. The highest BCUT2D eigenvalue weighted by molar-refractivity contribution is 5.15. The zero-order chi connectivity index (χ0) is 12.3. The predicted octanol–water partition coefficient (Wildman–Crippen LogP) is 1.97. The van der Waals surface area contributed by atoms with Crippen molar-refractivity contribution in [2.24, 2.45) is 0 Å². The molecule has 96 valence electrons. The van der Waals surface area contributed by atoms with Crippen molar-refractivity contribution in [3.05, 3.63) is 35.6 Å². The van der Waals surface area contributed by atoms with Crippen molar-refractivity contribution in [2.45, 2.75) is 13.0 Å². The van der Waals surface area contributed by atoms with Gasteiger partial charge in [-0.2, -0.15) is 0 Å². The van der Waals surface area contributed by atoms with Crippen LogP contribution in [0.3, 0.4) is 0 Å². The third-order valence-corrected chi connectivity index (χ3v) is 2.28. The molecule has 0 atom stereocenters. The first-order valence-corrected chi connectivity index (χ1v) is 5.85. The molecule has 0 unspecified atom stereocenters. The zero-order valence-corrected chi connectivity index (χ0v) is 10.2. The van der Waals surface area contributed by atoms with Crippen LogP contribution in [0.15, 0.2) is 24.3 Å². The lowest BCUT2D eigenvalue weighted by Gasteiger charge is -2.06. The summed E-state index contributed by atoms with van der Waals surface area (Å²) < 4.78 is 23.1. The molecular formula is C13H20FNO2. The van der Waals surface area contributed by atoms with Crippen molar-refractivity contribution in [2.75, 3.05) is 33.5 Å². The van der Waals surface area contributed by atoms with Crippen LogP contribution in [-0.2, 0) is 16.0 Å². The molecule has 0 amide bonds. The van der Waals surface area contributed by atoms with Crippen LogP contribution in [0.4, 0.5) is 4.39 Å². The zero-order valence-electron chi connectivity index (χ0n) is 10.2. The molecule has 1 aromatic carbocycles. The normalized spacial score (nSPS) is 10.7. The number of nitrogens with one attached hydrogen (secondary N) is 1. The highest BCUT2D eigenvalue weighted by Gasteiger charge is 1.94. The smallest absolute Gasteiger partial charge is 0.123 e. The molecule has 1 rings (SSSR count). The van der Waals surface area contributed by atoms with Gasteiger partial charge in [0.25, 0.3) is 0 Å². The van der Waals surface area contributed by atoms with E-state index in [9.17, 15) is 4.39 Å². The van der Waals surface area contributed by atoms with Crippen molar-refractivity contribution in [3.63, 3.8) is 0 Å². The summed E-state index contributed by atoms with van der Waals surface area (Å²) in [5.74, 6) is -0.194. The van der Waals surface area contributed by atoms with E-state index < -0.39 is 0 Å². The molecule has 0 heterocycles. The van der Waals surface area contributed by atoms with E-state index in [4.69, 9.17) is 9.47 Å². The third-order valence-electron chi connectivity index (χ3n) is 2.28. The molecule has 0 fully saturated rings. The third kappa shape index (κ3) is 7.05. The summed E-state index contributed by atoms with van der Waals surface area (Å²) in [6, 6.07) is 6.60. The van der Waals surface area contributed by atoms with Crippen LogP contribution in [0, 0.1) is 5.82 Å². The van der Waals surface area contributed by atoms with Crippen LogP contribution in [-0.4, -0.2) is 33.5 Å². The van der Waals surface area contributed by atoms with Crippen LogP contribution < -0.4 is 5.32 Å². The number of hydrogen-bond acceptors (Lipinski definition) is 3. The summed E-state index contributed by atoms with van der Waals surface area (Å²) in [5.41, 5.74) is 0.949. The lowest BCUT2D eigenvalue weighted by atomic mass is 10.2. The van der Waals surface area contributed by atoms with Crippen LogP contribution in [0.1, 0.15) is 12.0 Å². The fraction of sp³-hybridized carbons (Fsp3) is 0.538. The Bertz CT molecular complexity index is 307. The Labute approximate surface area is 102 Å². The molecule has 1 N–H and O–H groups in total. The monoisotopic (exact) mass is 241 g/mol. The molecule has 3 nitrogen and oxygen atoms in total. The van der Waals surface area contributed by atoms with Gasteiger partial charge < -0.3 is 14.8 Å². The van der Waals surface area contributed by atoms with E-state index in [1.165, 1.54) is 12.1 Å². The topological polar surface area (TPSA) is 30.5 Å². The summed E-state index contributed by atoms with van der Waals surface area (Å²) in [5, 5.41) is 3.20. The maximum atomic E-state index is 12.9. The van der Waals surface area contributed by atoms with Crippen molar-refractivity contribution < 1.29 is 13.9 Å². The minimum Gasteiger partial charge on any atom is -0.385 e. The van der Waals surface area contributed by atoms with Gasteiger partial charge in [-0.3, -0.25) is 0 Å². The number of ether oxygens (including phenoxy) is 2. The molecular weight excluding hydrogens is 221 g/mol. The minimum atomic E-state index is -0.194. The van der Waals surface area contributed by atoms with E-state index in [-0.39, 0.29) is 5.82 Å². The maximum absolute atomic E-state index is 12.9. The lowest BCUT2D eigenvalue weighted by Crippen LogP contribution is -2.19. The second kappa shape index (κ2) is 9.10. The highest BCUT2D eigenvalue weighted by atomic mass is 19.1. The number of hydrogen-bond donors (Lipinski definition) is 1. The van der Waals surface area contributed by atoms with E-state index in [1.807, 2.05) is 6.07 Å². The van der Waals surface area contributed by atoms with Gasteiger partial charge in [-0.1, -0.05) is 12.1 Å². The first-order chi connectivity index (χ1) is 8.33. The first kappa shape index (κ1) is 14.1. The lowest BCUT2D eigenvalue weighted by molar-refractivity contribution is 0.104. The van der Waals surface area contributed by atoms with E-state index >= 15 is 0 Å². The van der Waals surface area contributed by atoms with Gasteiger partial charge in [-0.25, -0.2) is 4.39 Å². The molecule has 1 aromatic rings. The van der Waals surface area contributed by atoms with E-state index in [1.54, 1.807) is 13.2 Å². The van der Waals surface area contributed by atoms with E-state index in [0.29, 0.717) is 13.2 Å². The molecule has 0 aliphatic carbocycles. The van der Waals surface area contributed by atoms with Crippen LogP contribution in [0.2, 0.25) is 0 Å². The largest absolute Gasteiger partial charge is 0.385 e. The second-order valence-electron chi connectivity index (χ2n) is 3.77. The fourth-order valence-electron chi connectivity index (χ4n) is 1.43. The van der Waals surface area contributed by atoms with Crippen molar-refractivity contribution >= 4 is 0 Å². The van der Waals surface area contributed by atoms with Gasteiger partial charge >= 0.3 is 0 Å². The van der Waals surface area contributed by atoms with Crippen LogP contribution in [0.25, 0.3) is 0 Å². The summed E-state index contributed by atoms with van der Waals surface area (Å²) in [7, 11) is 1.68. The average Bonchev–Trinajstić information content (AvgIpc) is 2.33. The highest BCUT2D eigenvalue weighted by Crippen LogP contribution is 2.02. The summed E-state index contributed by atoms with van der Waals surface area (Å²) in [6.45, 7) is 3.55. The molecule has 17 heavy (non-hydrogen) atoms. The average molecular weight is 241 g/mol. The van der Waals surface area contributed by atoms with Crippen molar-refractivity contribution in [1.82, 2.24) is 5.32 Å². The van der Waals surface area contributed by atoms with Gasteiger partial charge in [0.05, 0.1) is 6.61 Å².